The molecule has 0 unspecified atom stereocenters. The summed E-state index contributed by atoms with van der Waals surface area (Å²) in [4.78, 5) is 0. The average molecular weight is 379 g/mol. The summed E-state index contributed by atoms with van der Waals surface area (Å²) in [7, 11) is -1.44. The van der Waals surface area contributed by atoms with Crippen LogP contribution < -0.4 is 10.1 Å². The highest BCUT2D eigenvalue weighted by Gasteiger charge is 2.13. The van der Waals surface area contributed by atoms with Crippen molar-refractivity contribution in [2.75, 3.05) is 33.0 Å². The molecule has 120 valence electrons. The van der Waals surface area contributed by atoms with Crippen LogP contribution in [0.1, 0.15) is 18.9 Å². The van der Waals surface area contributed by atoms with Gasteiger partial charge in [-0.2, -0.15) is 0 Å². The maximum absolute atomic E-state index is 11.4. The van der Waals surface area contributed by atoms with Crippen LogP contribution in [0.4, 0.5) is 0 Å². The number of halogens is 1. The molecule has 0 aliphatic heterocycles. The zero-order valence-corrected chi connectivity index (χ0v) is 15.1. The summed E-state index contributed by atoms with van der Waals surface area (Å²) in [5, 5.41) is 3.32. The Morgan fingerprint density at radius 1 is 1.38 bits per heavy atom. The van der Waals surface area contributed by atoms with Crippen molar-refractivity contribution in [2.45, 2.75) is 19.9 Å². The normalized spacial score (nSPS) is 11.9. The van der Waals surface area contributed by atoms with Gasteiger partial charge in [-0.3, -0.25) is 0 Å². The minimum Gasteiger partial charge on any atom is -0.497 e. The van der Waals surface area contributed by atoms with Crippen molar-refractivity contribution in [3.63, 3.8) is 0 Å². The van der Waals surface area contributed by atoms with Crippen molar-refractivity contribution in [1.82, 2.24) is 9.62 Å². The second-order valence-electron chi connectivity index (χ2n) is 4.74. The van der Waals surface area contributed by atoms with Gasteiger partial charge in [-0.25, -0.2) is 12.7 Å². The van der Waals surface area contributed by atoms with Gasteiger partial charge in [0.1, 0.15) is 5.75 Å². The lowest BCUT2D eigenvalue weighted by atomic mass is 10.2. The minimum absolute atomic E-state index is 0.514. The van der Waals surface area contributed by atoms with E-state index >= 15 is 0 Å². The van der Waals surface area contributed by atoms with Crippen molar-refractivity contribution in [3.05, 3.63) is 28.2 Å². The first-order valence-corrected chi connectivity index (χ1v) is 9.51. The average Bonchev–Trinajstić information content (AvgIpc) is 2.43. The maximum Gasteiger partial charge on any atom is 0.211 e. The summed E-state index contributed by atoms with van der Waals surface area (Å²) in [6, 6.07) is 5.84. The standard InChI is InChI=1S/C14H23BrN2O3S/c1-4-17(21(3,18)19)9-5-8-16-11-12-10-13(20-2)6-7-14(12)15/h6-7,10,16H,4-5,8-9,11H2,1-3H3. The highest BCUT2D eigenvalue weighted by molar-refractivity contribution is 9.10. The first-order valence-electron chi connectivity index (χ1n) is 6.86. The van der Waals surface area contributed by atoms with E-state index in [1.54, 1.807) is 7.11 Å². The molecule has 0 atom stereocenters. The van der Waals surface area contributed by atoms with E-state index in [0.717, 1.165) is 28.8 Å². The van der Waals surface area contributed by atoms with Gasteiger partial charge in [0.25, 0.3) is 0 Å². The van der Waals surface area contributed by atoms with Gasteiger partial charge in [-0.05, 0) is 36.7 Å². The maximum atomic E-state index is 11.4. The lowest BCUT2D eigenvalue weighted by molar-refractivity contribution is 0.412. The number of benzene rings is 1. The molecule has 0 saturated carbocycles. The Morgan fingerprint density at radius 2 is 2.10 bits per heavy atom. The fourth-order valence-electron chi connectivity index (χ4n) is 1.98. The molecule has 5 nitrogen and oxygen atoms in total. The molecule has 1 N–H and O–H groups in total. The van der Waals surface area contributed by atoms with E-state index < -0.39 is 10.0 Å². The van der Waals surface area contributed by atoms with Gasteiger partial charge in [-0.15, -0.1) is 0 Å². The quantitative estimate of drug-likeness (QED) is 0.669. The number of nitrogens with one attached hydrogen (secondary N) is 1. The van der Waals surface area contributed by atoms with E-state index in [2.05, 4.69) is 21.2 Å². The SMILES string of the molecule is CCN(CCCNCc1cc(OC)ccc1Br)S(C)(=O)=O. The van der Waals surface area contributed by atoms with E-state index in [4.69, 9.17) is 4.74 Å². The Morgan fingerprint density at radius 3 is 2.67 bits per heavy atom. The van der Waals surface area contributed by atoms with Gasteiger partial charge in [0.2, 0.25) is 10.0 Å². The van der Waals surface area contributed by atoms with Crippen LogP contribution in [0.3, 0.4) is 0 Å². The molecule has 0 fully saturated rings. The molecule has 1 aromatic rings. The number of sulfonamides is 1. The van der Waals surface area contributed by atoms with Crippen LogP contribution in [-0.4, -0.2) is 45.7 Å². The first-order chi connectivity index (χ1) is 9.88. The molecule has 0 radical (unpaired) electrons. The Balaban J connectivity index is 2.38. The summed E-state index contributed by atoms with van der Waals surface area (Å²) in [6.45, 7) is 4.38. The molecule has 7 heteroatoms. The Bertz CT molecular complexity index is 549. The van der Waals surface area contributed by atoms with Gasteiger partial charge >= 0.3 is 0 Å². The molecule has 0 aliphatic carbocycles. The molecule has 1 aromatic carbocycles. The van der Waals surface area contributed by atoms with E-state index in [9.17, 15) is 8.42 Å². The largest absolute Gasteiger partial charge is 0.497 e. The molecule has 0 saturated heterocycles. The molecule has 0 heterocycles. The number of nitrogens with zero attached hydrogens (tertiary/aromatic N) is 1. The Hall–Kier alpha value is -0.630. The summed E-state index contributed by atoms with van der Waals surface area (Å²) in [5.41, 5.74) is 1.12. The molecule has 0 aliphatic rings. The topological polar surface area (TPSA) is 58.6 Å². The predicted octanol–water partition coefficient (Wildman–Crippen LogP) is 2.22. The Kier molecular flexibility index (Phi) is 7.65. The number of hydrogen-bond donors (Lipinski definition) is 1. The summed E-state index contributed by atoms with van der Waals surface area (Å²) in [5.74, 6) is 0.823. The number of ether oxygens (including phenoxy) is 1. The van der Waals surface area contributed by atoms with Crippen LogP contribution in [0.25, 0.3) is 0 Å². The van der Waals surface area contributed by atoms with Crippen LogP contribution in [0.15, 0.2) is 22.7 Å². The lowest BCUT2D eigenvalue weighted by Crippen LogP contribution is -2.32. The second kappa shape index (κ2) is 8.73. The predicted molar refractivity (Wildman–Crippen MR) is 89.1 cm³/mol. The fraction of sp³-hybridized carbons (Fsp3) is 0.571. The molecule has 0 bridgehead atoms. The van der Waals surface area contributed by atoms with Crippen LogP contribution >= 0.6 is 15.9 Å². The lowest BCUT2D eigenvalue weighted by Gasteiger charge is -2.17. The van der Waals surface area contributed by atoms with Crippen molar-refractivity contribution >= 4 is 26.0 Å². The van der Waals surface area contributed by atoms with E-state index in [-0.39, 0.29) is 0 Å². The molecule has 0 spiro atoms. The highest BCUT2D eigenvalue weighted by atomic mass is 79.9. The van der Waals surface area contributed by atoms with Gasteiger partial charge in [0.15, 0.2) is 0 Å². The first kappa shape index (κ1) is 18.4. The minimum atomic E-state index is -3.09. The van der Waals surface area contributed by atoms with Crippen LogP contribution in [0.2, 0.25) is 0 Å². The van der Waals surface area contributed by atoms with E-state index in [1.807, 2.05) is 25.1 Å². The number of rotatable bonds is 9. The molecule has 1 rings (SSSR count). The van der Waals surface area contributed by atoms with Gasteiger partial charge in [-0.1, -0.05) is 22.9 Å². The number of hydrogen-bond acceptors (Lipinski definition) is 4. The van der Waals surface area contributed by atoms with Crippen LogP contribution in [0.5, 0.6) is 5.75 Å². The molecule has 0 aromatic heterocycles. The molecular weight excluding hydrogens is 356 g/mol. The fourth-order valence-corrected chi connectivity index (χ4v) is 3.29. The summed E-state index contributed by atoms with van der Waals surface area (Å²) < 4.78 is 30.6. The molecular formula is C14H23BrN2O3S. The monoisotopic (exact) mass is 378 g/mol. The van der Waals surface area contributed by atoms with Crippen molar-refractivity contribution in [3.8, 4) is 5.75 Å². The van der Waals surface area contributed by atoms with Crippen molar-refractivity contribution in [1.29, 1.82) is 0 Å². The third kappa shape index (κ3) is 6.34. The second-order valence-corrected chi connectivity index (χ2v) is 7.58. The van der Waals surface area contributed by atoms with E-state index in [0.29, 0.717) is 19.6 Å². The van der Waals surface area contributed by atoms with Gasteiger partial charge in [0.05, 0.1) is 13.4 Å². The smallest absolute Gasteiger partial charge is 0.211 e. The molecule has 21 heavy (non-hydrogen) atoms. The van der Waals surface area contributed by atoms with Crippen LogP contribution in [0, 0.1) is 0 Å². The number of methoxy groups -OCH3 is 1. The van der Waals surface area contributed by atoms with Crippen LogP contribution in [-0.2, 0) is 16.6 Å². The van der Waals surface area contributed by atoms with Crippen molar-refractivity contribution < 1.29 is 13.2 Å². The highest BCUT2D eigenvalue weighted by Crippen LogP contribution is 2.22. The van der Waals surface area contributed by atoms with Gasteiger partial charge < -0.3 is 10.1 Å². The third-order valence-corrected chi connectivity index (χ3v) is 5.30. The third-order valence-electron chi connectivity index (χ3n) is 3.15. The van der Waals surface area contributed by atoms with E-state index in [1.165, 1.54) is 10.6 Å². The van der Waals surface area contributed by atoms with Gasteiger partial charge in [0, 0.05) is 24.1 Å². The van der Waals surface area contributed by atoms with Crippen molar-refractivity contribution in [2.24, 2.45) is 0 Å². The summed E-state index contributed by atoms with van der Waals surface area (Å²) in [6.07, 6.45) is 2.03. The zero-order chi connectivity index (χ0) is 15.9. The summed E-state index contributed by atoms with van der Waals surface area (Å²) >= 11 is 3.51. The Labute approximate surface area is 135 Å². The molecule has 0 amide bonds. The zero-order valence-electron chi connectivity index (χ0n) is 12.7.